The smallest absolute Gasteiger partial charge is 0.126 e. The number of rotatable bonds is 3. The van der Waals surface area contributed by atoms with Crippen molar-refractivity contribution < 1.29 is 4.39 Å². The molecule has 1 aliphatic rings. The summed E-state index contributed by atoms with van der Waals surface area (Å²) >= 11 is 0. The zero-order valence-corrected chi connectivity index (χ0v) is 11.0. The summed E-state index contributed by atoms with van der Waals surface area (Å²) in [5, 5.41) is 3.37. The van der Waals surface area contributed by atoms with Gasteiger partial charge in [0.15, 0.2) is 0 Å². The Bertz CT molecular complexity index is 578. The number of halogens is 1. The fourth-order valence-corrected chi connectivity index (χ4v) is 2.56. The predicted octanol–water partition coefficient (Wildman–Crippen LogP) is 3.88. The number of aromatic nitrogens is 1. The van der Waals surface area contributed by atoms with E-state index in [-0.39, 0.29) is 11.9 Å². The SMILES string of the molecule is CC(Nc1ccc2c(n1)CCC2)c1ccc(F)cc1. The third-order valence-electron chi connectivity index (χ3n) is 3.66. The largest absolute Gasteiger partial charge is 0.364 e. The number of nitrogens with zero attached hydrogens (tertiary/aromatic N) is 1. The lowest BCUT2D eigenvalue weighted by Crippen LogP contribution is -2.08. The van der Waals surface area contributed by atoms with Gasteiger partial charge < -0.3 is 5.32 Å². The van der Waals surface area contributed by atoms with Gasteiger partial charge in [-0.2, -0.15) is 0 Å². The molecule has 0 fully saturated rings. The van der Waals surface area contributed by atoms with Crippen LogP contribution in [0.2, 0.25) is 0 Å². The number of hydrogen-bond donors (Lipinski definition) is 1. The zero-order valence-electron chi connectivity index (χ0n) is 11.0. The molecule has 0 amide bonds. The van der Waals surface area contributed by atoms with Crippen LogP contribution < -0.4 is 5.32 Å². The van der Waals surface area contributed by atoms with E-state index in [1.807, 2.05) is 6.07 Å². The summed E-state index contributed by atoms with van der Waals surface area (Å²) in [6.07, 6.45) is 3.44. The van der Waals surface area contributed by atoms with Crippen LogP contribution in [0.15, 0.2) is 36.4 Å². The fourth-order valence-electron chi connectivity index (χ4n) is 2.56. The molecule has 1 aliphatic carbocycles. The predicted molar refractivity (Wildman–Crippen MR) is 74.7 cm³/mol. The summed E-state index contributed by atoms with van der Waals surface area (Å²) in [6.45, 7) is 2.06. The minimum Gasteiger partial charge on any atom is -0.364 e. The Balaban J connectivity index is 1.75. The molecule has 3 rings (SSSR count). The second kappa shape index (κ2) is 5.00. The van der Waals surface area contributed by atoms with Gasteiger partial charge in [0, 0.05) is 11.7 Å². The van der Waals surface area contributed by atoms with Gasteiger partial charge in [-0.05, 0) is 55.5 Å². The molecule has 1 aromatic heterocycles. The molecule has 3 heteroatoms. The Morgan fingerprint density at radius 1 is 1.11 bits per heavy atom. The van der Waals surface area contributed by atoms with Gasteiger partial charge in [0.25, 0.3) is 0 Å². The van der Waals surface area contributed by atoms with Gasteiger partial charge in [-0.3, -0.25) is 0 Å². The Hall–Kier alpha value is -1.90. The molecular formula is C16H17FN2. The van der Waals surface area contributed by atoms with Crippen LogP contribution in [0.25, 0.3) is 0 Å². The molecule has 19 heavy (non-hydrogen) atoms. The minimum atomic E-state index is -0.202. The Morgan fingerprint density at radius 3 is 2.68 bits per heavy atom. The molecular weight excluding hydrogens is 239 g/mol. The zero-order chi connectivity index (χ0) is 13.2. The molecule has 0 saturated heterocycles. The number of hydrogen-bond acceptors (Lipinski definition) is 2. The number of anilines is 1. The van der Waals surface area contributed by atoms with Gasteiger partial charge >= 0.3 is 0 Å². The summed E-state index contributed by atoms with van der Waals surface area (Å²) < 4.78 is 12.9. The first-order chi connectivity index (χ1) is 9.22. The lowest BCUT2D eigenvalue weighted by atomic mass is 10.1. The summed E-state index contributed by atoms with van der Waals surface area (Å²) in [4.78, 5) is 4.65. The first kappa shape index (κ1) is 12.2. The van der Waals surface area contributed by atoms with Crippen molar-refractivity contribution in [2.75, 3.05) is 5.32 Å². The summed E-state index contributed by atoms with van der Waals surface area (Å²) in [6, 6.07) is 10.9. The van der Waals surface area contributed by atoms with Crippen LogP contribution in [-0.2, 0) is 12.8 Å². The molecule has 1 atom stereocenters. The molecule has 0 bridgehead atoms. The van der Waals surface area contributed by atoms with Gasteiger partial charge in [0.05, 0.1) is 0 Å². The van der Waals surface area contributed by atoms with Crippen molar-refractivity contribution in [2.24, 2.45) is 0 Å². The van der Waals surface area contributed by atoms with Crippen molar-refractivity contribution in [3.05, 3.63) is 59.0 Å². The van der Waals surface area contributed by atoms with E-state index in [0.29, 0.717) is 0 Å². The van der Waals surface area contributed by atoms with Gasteiger partial charge in [0.1, 0.15) is 11.6 Å². The van der Waals surface area contributed by atoms with Crippen LogP contribution in [0.3, 0.4) is 0 Å². The second-order valence-corrected chi connectivity index (χ2v) is 5.07. The van der Waals surface area contributed by atoms with Crippen molar-refractivity contribution in [3.8, 4) is 0 Å². The highest BCUT2D eigenvalue weighted by molar-refractivity contribution is 5.42. The van der Waals surface area contributed by atoms with E-state index in [2.05, 4.69) is 23.3 Å². The average molecular weight is 256 g/mol. The normalized spacial score (nSPS) is 15.1. The molecule has 1 heterocycles. The first-order valence-electron chi connectivity index (χ1n) is 6.73. The Kier molecular flexibility index (Phi) is 3.20. The molecule has 0 aliphatic heterocycles. The highest BCUT2D eigenvalue weighted by atomic mass is 19.1. The maximum absolute atomic E-state index is 12.9. The van der Waals surface area contributed by atoms with Gasteiger partial charge in [-0.1, -0.05) is 18.2 Å². The number of nitrogens with one attached hydrogen (secondary N) is 1. The maximum atomic E-state index is 12.9. The van der Waals surface area contributed by atoms with Crippen LogP contribution in [0, 0.1) is 5.82 Å². The number of fused-ring (bicyclic) bond motifs is 1. The summed E-state index contributed by atoms with van der Waals surface area (Å²) in [5.41, 5.74) is 3.65. The van der Waals surface area contributed by atoms with E-state index in [1.165, 1.54) is 29.8 Å². The summed E-state index contributed by atoms with van der Waals surface area (Å²) in [7, 11) is 0. The van der Waals surface area contributed by atoms with Gasteiger partial charge in [-0.25, -0.2) is 9.37 Å². The molecule has 0 saturated carbocycles. The van der Waals surface area contributed by atoms with Crippen LogP contribution in [-0.4, -0.2) is 4.98 Å². The van der Waals surface area contributed by atoms with E-state index in [4.69, 9.17) is 0 Å². The molecule has 98 valence electrons. The molecule has 0 spiro atoms. The number of benzene rings is 1. The minimum absolute atomic E-state index is 0.118. The first-order valence-corrected chi connectivity index (χ1v) is 6.73. The van der Waals surface area contributed by atoms with E-state index in [9.17, 15) is 4.39 Å². The monoisotopic (exact) mass is 256 g/mol. The van der Waals surface area contributed by atoms with Crippen molar-refractivity contribution in [2.45, 2.75) is 32.2 Å². The molecule has 1 aromatic carbocycles. The molecule has 2 aromatic rings. The van der Waals surface area contributed by atoms with Crippen LogP contribution in [0.5, 0.6) is 0 Å². The highest BCUT2D eigenvalue weighted by Gasteiger charge is 2.13. The van der Waals surface area contributed by atoms with Gasteiger partial charge in [-0.15, -0.1) is 0 Å². The van der Waals surface area contributed by atoms with Crippen molar-refractivity contribution >= 4 is 5.82 Å². The van der Waals surface area contributed by atoms with Crippen LogP contribution in [0.1, 0.15) is 36.2 Å². The third-order valence-corrected chi connectivity index (χ3v) is 3.66. The lowest BCUT2D eigenvalue weighted by molar-refractivity contribution is 0.626. The lowest BCUT2D eigenvalue weighted by Gasteiger charge is -2.15. The van der Waals surface area contributed by atoms with Gasteiger partial charge in [0.2, 0.25) is 0 Å². The maximum Gasteiger partial charge on any atom is 0.126 e. The highest BCUT2D eigenvalue weighted by Crippen LogP contribution is 2.24. The van der Waals surface area contributed by atoms with Crippen molar-refractivity contribution in [1.29, 1.82) is 0 Å². The summed E-state index contributed by atoms with van der Waals surface area (Å²) in [5.74, 6) is 0.698. The van der Waals surface area contributed by atoms with Crippen LogP contribution >= 0.6 is 0 Å². The Labute approximate surface area is 112 Å². The molecule has 2 nitrogen and oxygen atoms in total. The van der Waals surface area contributed by atoms with Crippen molar-refractivity contribution in [3.63, 3.8) is 0 Å². The van der Waals surface area contributed by atoms with Crippen molar-refractivity contribution in [1.82, 2.24) is 4.98 Å². The van der Waals surface area contributed by atoms with E-state index in [1.54, 1.807) is 12.1 Å². The van der Waals surface area contributed by atoms with Crippen LogP contribution in [0.4, 0.5) is 10.2 Å². The third kappa shape index (κ3) is 2.60. The molecule has 0 radical (unpaired) electrons. The standard InChI is InChI=1S/C16H17FN2/c1-11(12-5-8-14(17)9-6-12)18-16-10-7-13-3-2-4-15(13)19-16/h5-11H,2-4H2,1H3,(H,18,19). The topological polar surface area (TPSA) is 24.9 Å². The number of pyridine rings is 1. The Morgan fingerprint density at radius 2 is 1.89 bits per heavy atom. The molecule has 1 unspecified atom stereocenters. The number of aryl methyl sites for hydroxylation is 2. The fraction of sp³-hybridized carbons (Fsp3) is 0.312. The van der Waals surface area contributed by atoms with E-state index < -0.39 is 0 Å². The average Bonchev–Trinajstić information content (AvgIpc) is 2.87. The second-order valence-electron chi connectivity index (χ2n) is 5.07. The molecule has 1 N–H and O–H groups in total. The van der Waals surface area contributed by atoms with E-state index >= 15 is 0 Å². The quantitative estimate of drug-likeness (QED) is 0.901. The van der Waals surface area contributed by atoms with E-state index in [0.717, 1.165) is 24.2 Å².